The van der Waals surface area contributed by atoms with Crippen LogP contribution in [0.25, 0.3) is 0 Å². The predicted octanol–water partition coefficient (Wildman–Crippen LogP) is 0.519. The Labute approximate surface area is 92.8 Å². The number of anilines is 1. The lowest BCUT2D eigenvalue weighted by molar-refractivity contribution is -0.110. The maximum atomic E-state index is 11.7. The molecule has 1 aromatic rings. The Kier molecular flexibility index (Phi) is 2.83. The highest BCUT2D eigenvalue weighted by molar-refractivity contribution is 6.42. The van der Waals surface area contributed by atoms with Crippen LogP contribution in [0.15, 0.2) is 35.3 Å². The number of amides is 1. The van der Waals surface area contributed by atoms with Crippen molar-refractivity contribution in [3.8, 4) is 6.07 Å². The summed E-state index contributed by atoms with van der Waals surface area (Å²) in [7, 11) is 0. The number of amidine groups is 1. The fourth-order valence-electron chi connectivity index (χ4n) is 1.37. The van der Waals surface area contributed by atoms with Crippen molar-refractivity contribution in [2.75, 3.05) is 11.9 Å². The molecule has 1 unspecified atom stereocenters. The molecule has 5 heteroatoms. The Balaban J connectivity index is 2.03. The van der Waals surface area contributed by atoms with Gasteiger partial charge in [0.15, 0.2) is 11.9 Å². The van der Waals surface area contributed by atoms with Gasteiger partial charge in [0, 0.05) is 5.69 Å². The van der Waals surface area contributed by atoms with E-state index in [2.05, 4.69) is 15.6 Å². The van der Waals surface area contributed by atoms with Crippen LogP contribution in [0.2, 0.25) is 0 Å². The number of carbonyl (C=O) groups excluding carboxylic acids is 1. The van der Waals surface area contributed by atoms with E-state index in [-0.39, 0.29) is 11.7 Å². The van der Waals surface area contributed by atoms with Crippen molar-refractivity contribution in [3.63, 3.8) is 0 Å². The molecule has 0 aliphatic carbocycles. The summed E-state index contributed by atoms with van der Waals surface area (Å²) in [5, 5.41) is 14.1. The van der Waals surface area contributed by atoms with E-state index < -0.39 is 6.04 Å². The van der Waals surface area contributed by atoms with E-state index in [0.29, 0.717) is 12.2 Å². The molecule has 0 bridgehead atoms. The lowest BCUT2D eigenvalue weighted by Crippen LogP contribution is -2.32. The van der Waals surface area contributed by atoms with Crippen molar-refractivity contribution in [2.45, 2.75) is 6.04 Å². The normalized spacial score (nSPS) is 18.2. The number of hydrogen-bond acceptors (Lipinski definition) is 4. The van der Waals surface area contributed by atoms with E-state index in [9.17, 15) is 4.79 Å². The number of benzene rings is 1. The summed E-state index contributed by atoms with van der Waals surface area (Å²) >= 11 is 0. The van der Waals surface area contributed by atoms with E-state index in [0.717, 1.165) is 0 Å². The van der Waals surface area contributed by atoms with Gasteiger partial charge in [-0.15, -0.1) is 0 Å². The predicted molar refractivity (Wildman–Crippen MR) is 59.9 cm³/mol. The second-order valence-electron chi connectivity index (χ2n) is 3.32. The summed E-state index contributed by atoms with van der Waals surface area (Å²) in [6.45, 7) is 0.397. The zero-order valence-electron chi connectivity index (χ0n) is 8.47. The van der Waals surface area contributed by atoms with Crippen LogP contribution >= 0.6 is 0 Å². The van der Waals surface area contributed by atoms with E-state index >= 15 is 0 Å². The highest BCUT2D eigenvalue weighted by atomic mass is 16.2. The third-order valence-electron chi connectivity index (χ3n) is 2.14. The molecule has 1 aromatic carbocycles. The average molecular weight is 214 g/mol. The molecule has 2 rings (SSSR count). The summed E-state index contributed by atoms with van der Waals surface area (Å²) in [6, 6.07) is 10.6. The second-order valence-corrected chi connectivity index (χ2v) is 3.32. The molecule has 1 aliphatic rings. The van der Waals surface area contributed by atoms with Crippen LogP contribution in [0.4, 0.5) is 5.69 Å². The highest BCUT2D eigenvalue weighted by Gasteiger charge is 2.21. The number of hydrogen-bond donors (Lipinski definition) is 2. The van der Waals surface area contributed by atoms with Gasteiger partial charge in [0.25, 0.3) is 5.91 Å². The standard InChI is InChI=1S/C11H10N4O/c12-6-9-7-13-10(14-9)11(16)15-8-4-2-1-3-5-8/h1-5,9H,7H2,(H,13,14)(H,15,16). The minimum absolute atomic E-state index is 0.218. The molecule has 0 spiro atoms. The Morgan fingerprint density at radius 1 is 1.50 bits per heavy atom. The number of nitrogens with zero attached hydrogens (tertiary/aromatic N) is 2. The lowest BCUT2D eigenvalue weighted by Gasteiger charge is -2.04. The molecule has 0 aromatic heterocycles. The number of aliphatic imine (C=N–C) groups is 1. The largest absolute Gasteiger partial charge is 0.362 e. The van der Waals surface area contributed by atoms with Crippen molar-refractivity contribution in [1.29, 1.82) is 5.26 Å². The zero-order chi connectivity index (χ0) is 11.4. The highest BCUT2D eigenvalue weighted by Crippen LogP contribution is 2.06. The van der Waals surface area contributed by atoms with Gasteiger partial charge in [-0.3, -0.25) is 4.79 Å². The first kappa shape index (κ1) is 10.2. The van der Waals surface area contributed by atoms with Crippen LogP contribution in [0.5, 0.6) is 0 Å². The molecule has 0 fully saturated rings. The minimum Gasteiger partial charge on any atom is -0.362 e. The van der Waals surface area contributed by atoms with Gasteiger partial charge < -0.3 is 10.6 Å². The number of nitriles is 1. The van der Waals surface area contributed by atoms with Crippen LogP contribution in [-0.4, -0.2) is 24.3 Å². The van der Waals surface area contributed by atoms with Gasteiger partial charge >= 0.3 is 0 Å². The molecule has 0 saturated carbocycles. The fourth-order valence-corrected chi connectivity index (χ4v) is 1.37. The SMILES string of the molecule is N#CC1CNC(C(=O)Nc2ccccc2)=N1. The molecule has 1 atom stereocenters. The molecule has 1 amide bonds. The third kappa shape index (κ3) is 2.17. The van der Waals surface area contributed by atoms with Gasteiger partial charge in [-0.1, -0.05) is 18.2 Å². The van der Waals surface area contributed by atoms with E-state index in [1.807, 2.05) is 24.3 Å². The van der Waals surface area contributed by atoms with Gasteiger partial charge in [-0.2, -0.15) is 5.26 Å². The first-order valence-electron chi connectivity index (χ1n) is 4.87. The van der Waals surface area contributed by atoms with E-state index in [1.54, 1.807) is 12.1 Å². The van der Waals surface area contributed by atoms with Crippen LogP contribution in [0.3, 0.4) is 0 Å². The first-order chi connectivity index (χ1) is 7.79. The Hall–Kier alpha value is -2.35. The molecule has 16 heavy (non-hydrogen) atoms. The summed E-state index contributed by atoms with van der Waals surface area (Å²) in [5.41, 5.74) is 0.706. The monoisotopic (exact) mass is 214 g/mol. The molecular weight excluding hydrogens is 204 g/mol. The van der Waals surface area contributed by atoms with E-state index in [4.69, 9.17) is 5.26 Å². The smallest absolute Gasteiger partial charge is 0.290 e. The fraction of sp³-hybridized carbons (Fsp3) is 0.182. The lowest BCUT2D eigenvalue weighted by atomic mass is 10.3. The Morgan fingerprint density at radius 2 is 2.25 bits per heavy atom. The molecule has 80 valence electrons. The molecule has 5 nitrogen and oxygen atoms in total. The van der Waals surface area contributed by atoms with Crippen LogP contribution in [-0.2, 0) is 4.79 Å². The number of rotatable bonds is 2. The summed E-state index contributed by atoms with van der Waals surface area (Å²) in [6.07, 6.45) is 0. The summed E-state index contributed by atoms with van der Waals surface area (Å²) < 4.78 is 0. The number of nitrogens with one attached hydrogen (secondary N) is 2. The van der Waals surface area contributed by atoms with Crippen molar-refractivity contribution < 1.29 is 4.79 Å². The maximum Gasteiger partial charge on any atom is 0.290 e. The van der Waals surface area contributed by atoms with Gasteiger partial charge in [0.1, 0.15) is 0 Å². The van der Waals surface area contributed by atoms with Crippen LogP contribution < -0.4 is 10.6 Å². The van der Waals surface area contributed by atoms with Gasteiger partial charge in [0.2, 0.25) is 0 Å². The number of para-hydroxylation sites is 1. The topological polar surface area (TPSA) is 77.3 Å². The van der Waals surface area contributed by atoms with Crippen molar-refractivity contribution in [1.82, 2.24) is 5.32 Å². The first-order valence-corrected chi connectivity index (χ1v) is 4.87. The molecule has 2 N–H and O–H groups in total. The molecule has 1 aliphatic heterocycles. The zero-order valence-corrected chi connectivity index (χ0v) is 8.47. The van der Waals surface area contributed by atoms with E-state index in [1.165, 1.54) is 0 Å². The van der Waals surface area contributed by atoms with Gasteiger partial charge in [-0.25, -0.2) is 4.99 Å². The summed E-state index contributed by atoms with van der Waals surface area (Å²) in [5.74, 6) is -0.0978. The van der Waals surface area contributed by atoms with Crippen LogP contribution in [0.1, 0.15) is 0 Å². The number of carbonyl (C=O) groups is 1. The van der Waals surface area contributed by atoms with Crippen LogP contribution in [0, 0.1) is 11.3 Å². The van der Waals surface area contributed by atoms with Crippen molar-refractivity contribution in [3.05, 3.63) is 30.3 Å². The third-order valence-corrected chi connectivity index (χ3v) is 2.14. The van der Waals surface area contributed by atoms with Gasteiger partial charge in [-0.05, 0) is 12.1 Å². The summed E-state index contributed by atoms with van der Waals surface area (Å²) in [4.78, 5) is 15.6. The maximum absolute atomic E-state index is 11.7. The Morgan fingerprint density at radius 3 is 2.88 bits per heavy atom. The van der Waals surface area contributed by atoms with Crippen molar-refractivity contribution >= 4 is 17.4 Å². The van der Waals surface area contributed by atoms with Crippen molar-refractivity contribution in [2.24, 2.45) is 4.99 Å². The molecule has 1 heterocycles. The Bertz CT molecular complexity index is 461. The average Bonchev–Trinajstić information content (AvgIpc) is 2.79. The molecule has 0 radical (unpaired) electrons. The molecule has 0 saturated heterocycles. The van der Waals surface area contributed by atoms with Gasteiger partial charge in [0.05, 0.1) is 12.6 Å². The molecular formula is C11H10N4O. The minimum atomic E-state index is -0.462. The quantitative estimate of drug-likeness (QED) is 0.753. The second kappa shape index (κ2) is 4.45.